The van der Waals surface area contributed by atoms with E-state index in [1.165, 1.54) is 191 Å². The molecule has 380 valence electrons. The second kappa shape index (κ2) is 38.8. The van der Waals surface area contributed by atoms with Crippen molar-refractivity contribution in [1.29, 1.82) is 0 Å². The van der Waals surface area contributed by atoms with Crippen LogP contribution in [0.25, 0.3) is 0 Å². The highest BCUT2D eigenvalue weighted by Crippen LogP contribution is 2.64. The van der Waals surface area contributed by atoms with Crippen molar-refractivity contribution in [2.75, 3.05) is 23.0 Å². The Kier molecular flexibility index (Phi) is 35.9. The lowest BCUT2D eigenvalue weighted by Gasteiger charge is -2.42. The molecule has 0 unspecified atom stereocenters. The third kappa shape index (κ3) is 28.3. The first-order chi connectivity index (χ1) is 31.7. The number of hydrogen-bond donors (Lipinski definition) is 0. The summed E-state index contributed by atoms with van der Waals surface area (Å²) in [4.78, 5) is 2.14. The van der Waals surface area contributed by atoms with Crippen molar-refractivity contribution in [3.8, 4) is 0 Å². The minimum atomic E-state index is -4.38. The number of rotatable bonds is 46. The van der Waals surface area contributed by atoms with Gasteiger partial charge in [0.15, 0.2) is 0 Å². The van der Waals surface area contributed by atoms with E-state index >= 15 is 8.42 Å². The molecule has 2 aromatic carbocycles. The molecule has 0 spiro atoms. The van der Waals surface area contributed by atoms with Crippen LogP contribution in [0.2, 0.25) is 0 Å². The van der Waals surface area contributed by atoms with Crippen molar-refractivity contribution in [2.45, 2.75) is 282 Å². The average Bonchev–Trinajstić information content (AvgIpc) is 3.29. The van der Waals surface area contributed by atoms with Crippen molar-refractivity contribution in [3.63, 3.8) is 0 Å². The summed E-state index contributed by atoms with van der Waals surface area (Å²) >= 11 is 0. The number of benzene rings is 2. The Morgan fingerprint density at radius 3 is 0.677 bits per heavy atom. The van der Waals surface area contributed by atoms with Crippen LogP contribution in [0.15, 0.2) is 58.3 Å². The molecular weight excluding hydrogens is 857 g/mol. The lowest BCUT2D eigenvalue weighted by Crippen LogP contribution is -2.24. The summed E-state index contributed by atoms with van der Waals surface area (Å²) in [6.07, 6.45) is 44.6. The van der Waals surface area contributed by atoms with Gasteiger partial charge in [-0.25, -0.2) is 0 Å². The lowest BCUT2D eigenvalue weighted by molar-refractivity contribution is 0.421. The minimum Gasteiger partial charge on any atom is -0.193 e. The van der Waals surface area contributed by atoms with Crippen LogP contribution in [0.4, 0.5) is 0 Å². The summed E-state index contributed by atoms with van der Waals surface area (Å²) in [7, 11) is -8.79. The molecule has 0 heterocycles. The summed E-state index contributed by atoms with van der Waals surface area (Å²) < 4.78 is 44.2. The highest BCUT2D eigenvalue weighted by Gasteiger charge is 2.39. The lowest BCUT2D eigenvalue weighted by atomic mass is 10.1. The molecule has 0 aliphatic rings. The van der Waals surface area contributed by atoms with Crippen LogP contribution in [0.3, 0.4) is 0 Å². The molecule has 0 N–H and O–H groups in total. The Morgan fingerprint density at radius 1 is 0.292 bits per heavy atom. The fourth-order valence-electron chi connectivity index (χ4n) is 9.38. The van der Waals surface area contributed by atoms with Crippen molar-refractivity contribution in [2.24, 2.45) is 0 Å². The first-order valence-electron chi connectivity index (χ1n) is 28.0. The fraction of sp³-hybridized carbons (Fsp3) is 0.793. The maximum absolute atomic E-state index is 15.2. The van der Waals surface area contributed by atoms with Crippen LogP contribution in [-0.4, -0.2) is 31.4 Å². The fourth-order valence-corrected chi connectivity index (χ4v) is 19.2. The van der Waals surface area contributed by atoms with Crippen LogP contribution in [-0.2, 0) is 17.7 Å². The van der Waals surface area contributed by atoms with E-state index in [4.69, 9.17) is 7.26 Å². The van der Waals surface area contributed by atoms with Crippen LogP contribution in [0.5, 0.6) is 0 Å². The molecule has 0 aliphatic heterocycles. The van der Waals surface area contributed by atoms with E-state index < -0.39 is 31.0 Å². The van der Waals surface area contributed by atoms with E-state index in [1.54, 1.807) is 0 Å². The van der Waals surface area contributed by atoms with Gasteiger partial charge in [0.25, 0.3) is 0 Å². The van der Waals surface area contributed by atoms with Crippen molar-refractivity contribution >= 4 is 31.0 Å². The van der Waals surface area contributed by atoms with E-state index in [0.717, 1.165) is 84.2 Å². The van der Waals surface area contributed by atoms with Crippen molar-refractivity contribution < 1.29 is 15.7 Å². The van der Waals surface area contributed by atoms with Crippen LogP contribution in [0.1, 0.15) is 270 Å². The van der Waals surface area contributed by atoms with E-state index in [-0.39, 0.29) is 0 Å². The molecule has 0 fully saturated rings. The van der Waals surface area contributed by atoms with E-state index in [2.05, 4.69) is 90.1 Å². The predicted molar refractivity (Wildman–Crippen MR) is 294 cm³/mol. The second-order valence-electron chi connectivity index (χ2n) is 19.9. The number of aryl methyl sites for hydroxylation is 2. The van der Waals surface area contributed by atoms with Crippen molar-refractivity contribution in [3.05, 3.63) is 59.7 Å². The summed E-state index contributed by atoms with van der Waals surface area (Å²) in [6, 6.07) is 17.4. The van der Waals surface area contributed by atoms with Crippen molar-refractivity contribution in [1.82, 2.24) is 0 Å². The zero-order valence-corrected chi connectivity index (χ0v) is 46.2. The molecule has 0 radical (unpaired) electrons. The molecule has 0 aliphatic carbocycles. The molecule has 0 saturated carbocycles. The summed E-state index contributed by atoms with van der Waals surface area (Å²) in [6.45, 7) is 13.4. The first kappa shape index (κ1) is 60.1. The van der Waals surface area contributed by atoms with E-state index in [9.17, 15) is 0 Å². The molecule has 2 aromatic rings. The third-order valence-corrected chi connectivity index (χ3v) is 23.1. The van der Waals surface area contributed by atoms with Gasteiger partial charge >= 0.3 is 10.4 Å². The largest absolute Gasteiger partial charge is 0.419 e. The molecule has 0 saturated heterocycles. The Balaban J connectivity index is 2.45. The predicted octanol–water partition coefficient (Wildman–Crippen LogP) is 20.6. The van der Waals surface area contributed by atoms with Gasteiger partial charge in [0.2, 0.25) is 0 Å². The summed E-state index contributed by atoms with van der Waals surface area (Å²) in [5.41, 5.74) is 2.38. The van der Waals surface area contributed by atoms with Gasteiger partial charge in [-0.1, -0.05) is 289 Å². The average molecular weight is 964 g/mol. The minimum absolute atomic E-state index is 0.773. The number of hydrogen-bond acceptors (Lipinski definition) is 4. The molecule has 0 amide bonds. The molecule has 0 aromatic heterocycles. The first-order valence-corrected chi connectivity index (χ1v) is 33.2. The van der Waals surface area contributed by atoms with Gasteiger partial charge in [0.1, 0.15) is 0 Å². The Hall–Kier alpha value is -0.990. The molecular formula is C58H106O4S3. The topological polar surface area (TPSA) is 52.6 Å². The Bertz CT molecular complexity index is 1330. The standard InChI is InChI=1S/C58H106O4S3/c1-7-11-15-19-23-27-31-35-39-51-63(57-47-43-55(5)44-48-57,52-40-36-32-28-24-20-16-12-8-2)61-65(59,60)62-64(58-49-45-56(6)46-50-58,53-41-37-33-29-25-21-17-13-9-3)54-42-38-34-30-26-22-18-14-10-4/h43-50H,7-42,51-54H2,1-6H3. The van der Waals surface area contributed by atoms with Gasteiger partial charge in [0.05, 0.1) is 0 Å². The quantitative estimate of drug-likeness (QED) is 0.0621. The number of unbranched alkanes of at least 4 members (excludes halogenated alkanes) is 32. The smallest absolute Gasteiger partial charge is 0.193 e. The Labute approximate surface area is 409 Å². The summed E-state index contributed by atoms with van der Waals surface area (Å²) in [5.74, 6) is 3.09. The molecule has 7 heteroatoms. The van der Waals surface area contributed by atoms with Gasteiger partial charge in [-0.15, -0.1) is 0 Å². The van der Waals surface area contributed by atoms with Crippen LogP contribution < -0.4 is 0 Å². The molecule has 65 heavy (non-hydrogen) atoms. The monoisotopic (exact) mass is 963 g/mol. The van der Waals surface area contributed by atoms with Gasteiger partial charge in [-0.3, -0.25) is 0 Å². The molecule has 0 atom stereocenters. The van der Waals surface area contributed by atoms with Gasteiger partial charge < -0.3 is 0 Å². The highest BCUT2D eigenvalue weighted by molar-refractivity contribution is 8.35. The van der Waals surface area contributed by atoms with Gasteiger partial charge in [-0.05, 0) is 63.8 Å². The highest BCUT2D eigenvalue weighted by atomic mass is 32.4. The van der Waals surface area contributed by atoms with Gasteiger partial charge in [0, 0.05) is 32.8 Å². The zero-order valence-electron chi connectivity index (χ0n) is 43.8. The molecule has 2 rings (SSSR count). The Morgan fingerprint density at radius 2 is 0.477 bits per heavy atom. The van der Waals surface area contributed by atoms with Crippen LogP contribution >= 0.6 is 20.6 Å². The van der Waals surface area contributed by atoms with Gasteiger partial charge in [-0.2, -0.15) is 15.7 Å². The molecule has 4 nitrogen and oxygen atoms in total. The maximum Gasteiger partial charge on any atom is 0.419 e. The third-order valence-electron chi connectivity index (χ3n) is 13.6. The SMILES string of the molecule is CCCCCCCCCCCS(CCCCCCCCCCC)(OS(=O)(=O)OS(CCCCCCCCCCC)(CCCCCCCCCCC)c1ccc(C)cc1)c1ccc(C)cc1. The molecule has 0 bridgehead atoms. The zero-order chi connectivity index (χ0) is 47.2. The van der Waals surface area contributed by atoms with E-state index in [1.807, 2.05) is 0 Å². The summed E-state index contributed by atoms with van der Waals surface area (Å²) in [5, 5.41) is 0. The van der Waals surface area contributed by atoms with E-state index in [0.29, 0.717) is 0 Å². The normalized spacial score (nSPS) is 12.9. The second-order valence-corrected chi connectivity index (χ2v) is 27.7. The maximum atomic E-state index is 15.2. The van der Waals surface area contributed by atoms with Crippen LogP contribution in [0, 0.1) is 13.8 Å².